The normalized spacial score (nSPS) is 30.9. The molecule has 1 aliphatic carbocycles. The number of hydrogen-bond acceptors (Lipinski definition) is 8. The van der Waals surface area contributed by atoms with Gasteiger partial charge in [-0.1, -0.05) is 16.8 Å². The molecule has 1 aliphatic heterocycles. The van der Waals surface area contributed by atoms with Gasteiger partial charge in [-0.3, -0.25) is 0 Å². The van der Waals surface area contributed by atoms with Crippen LogP contribution in [0.15, 0.2) is 0 Å². The van der Waals surface area contributed by atoms with Crippen LogP contribution < -0.4 is 0 Å². The molecule has 2 aliphatic rings. The second-order valence-electron chi connectivity index (χ2n) is 6.77. The van der Waals surface area contributed by atoms with E-state index in [0.29, 0.717) is 23.4 Å². The highest BCUT2D eigenvalue weighted by Gasteiger charge is 2.56. The molecule has 10 heteroatoms. The Balaban J connectivity index is 1.72. The maximum atomic E-state index is 9.07. The Morgan fingerprint density at radius 1 is 1.32 bits per heavy atom. The van der Waals surface area contributed by atoms with Crippen LogP contribution in [-0.4, -0.2) is 67.4 Å². The van der Waals surface area contributed by atoms with Crippen LogP contribution in [0.3, 0.4) is 0 Å². The van der Waals surface area contributed by atoms with Crippen molar-refractivity contribution < 1.29 is 19.3 Å². The molecule has 0 amide bonds. The Labute approximate surface area is 149 Å². The zero-order valence-electron chi connectivity index (χ0n) is 14.2. The van der Waals surface area contributed by atoms with Crippen LogP contribution in [0.25, 0.3) is 11.2 Å². The van der Waals surface area contributed by atoms with Crippen LogP contribution in [0.2, 0.25) is 5.15 Å². The average Bonchev–Trinajstić information content (AvgIpc) is 3.16. The molecule has 4 atom stereocenters. The molecule has 0 unspecified atom stereocenters. The van der Waals surface area contributed by atoms with Crippen LogP contribution in [0.1, 0.15) is 32.1 Å². The van der Waals surface area contributed by atoms with Gasteiger partial charge in [-0.25, -0.2) is 14.6 Å². The van der Waals surface area contributed by atoms with Gasteiger partial charge in [0, 0.05) is 6.42 Å². The van der Waals surface area contributed by atoms with Crippen molar-refractivity contribution in [2.24, 2.45) is 0 Å². The molecular formula is C15H20ClN5O4. The Kier molecular flexibility index (Phi) is 4.16. The van der Waals surface area contributed by atoms with Crippen molar-refractivity contribution in [3.63, 3.8) is 0 Å². The number of hydrogen-bond donors (Lipinski definition) is 1. The number of aryl methyl sites for hydroxylation is 1. The maximum Gasteiger partial charge on any atom is 0.183 e. The zero-order valence-corrected chi connectivity index (χ0v) is 15.0. The van der Waals surface area contributed by atoms with Crippen LogP contribution in [0, 0.1) is 6.92 Å². The summed E-state index contributed by atoms with van der Waals surface area (Å²) in [5, 5.41) is 17.7. The lowest BCUT2D eigenvalue weighted by molar-refractivity contribution is -0.171. The molecule has 3 heterocycles. The zero-order chi connectivity index (χ0) is 17.8. The molecule has 25 heavy (non-hydrogen) atoms. The topological polar surface area (TPSA) is 104 Å². The molecule has 2 aromatic rings. The van der Waals surface area contributed by atoms with E-state index in [1.807, 2.05) is 13.8 Å². The van der Waals surface area contributed by atoms with E-state index in [-0.39, 0.29) is 42.7 Å². The summed E-state index contributed by atoms with van der Waals surface area (Å²) in [6.07, 6.45) is -0.0895. The van der Waals surface area contributed by atoms with E-state index in [0.717, 1.165) is 0 Å². The molecule has 0 aromatic carbocycles. The van der Waals surface area contributed by atoms with Gasteiger partial charge in [0.2, 0.25) is 0 Å². The lowest BCUT2D eigenvalue weighted by Crippen LogP contribution is -2.31. The van der Waals surface area contributed by atoms with E-state index in [4.69, 9.17) is 30.9 Å². The monoisotopic (exact) mass is 369 g/mol. The summed E-state index contributed by atoms with van der Waals surface area (Å²) < 4.78 is 19.6. The summed E-state index contributed by atoms with van der Waals surface area (Å²) in [5.74, 6) is -0.166. The van der Waals surface area contributed by atoms with Gasteiger partial charge < -0.3 is 19.3 Å². The summed E-state index contributed by atoms with van der Waals surface area (Å²) in [6, 6.07) is -0.161. The van der Waals surface area contributed by atoms with Crippen molar-refractivity contribution in [1.29, 1.82) is 0 Å². The van der Waals surface area contributed by atoms with Gasteiger partial charge in [0.25, 0.3) is 0 Å². The van der Waals surface area contributed by atoms with Gasteiger partial charge in [0.05, 0.1) is 25.4 Å². The van der Waals surface area contributed by atoms with Gasteiger partial charge >= 0.3 is 0 Å². The van der Waals surface area contributed by atoms with Crippen molar-refractivity contribution in [1.82, 2.24) is 25.0 Å². The molecule has 1 saturated carbocycles. The van der Waals surface area contributed by atoms with E-state index in [9.17, 15) is 0 Å². The standard InChI is InChI=1S/C15H20ClN5O4/c1-7-17-13(16)10-14(18-7)21(20-19-10)8-6-9(23-5-4-22)12-11(8)24-15(2,3)25-12/h8-9,11-12,22H,4-6H2,1-3H3/t8-,9+,11+,12-/m1/s1. The number of aliphatic hydroxyl groups is 1. The highest BCUT2D eigenvalue weighted by molar-refractivity contribution is 6.33. The molecule has 1 N–H and O–H groups in total. The van der Waals surface area contributed by atoms with Crippen molar-refractivity contribution in [2.45, 2.75) is 57.3 Å². The summed E-state index contributed by atoms with van der Waals surface area (Å²) in [7, 11) is 0. The molecule has 0 spiro atoms. The third kappa shape index (κ3) is 2.89. The van der Waals surface area contributed by atoms with Gasteiger partial charge in [0.1, 0.15) is 18.0 Å². The van der Waals surface area contributed by atoms with Gasteiger partial charge in [0.15, 0.2) is 22.1 Å². The number of halogens is 1. The molecule has 4 rings (SSSR count). The summed E-state index contributed by atoms with van der Waals surface area (Å²) in [6.45, 7) is 5.71. The smallest absolute Gasteiger partial charge is 0.183 e. The molecule has 2 fully saturated rings. The fraction of sp³-hybridized carbons (Fsp3) is 0.733. The molecule has 0 bridgehead atoms. The summed E-state index contributed by atoms with van der Waals surface area (Å²) in [5.41, 5.74) is 1.03. The van der Waals surface area contributed by atoms with E-state index < -0.39 is 5.79 Å². The molecular weight excluding hydrogens is 350 g/mol. The first-order valence-corrected chi connectivity index (χ1v) is 8.60. The Morgan fingerprint density at radius 3 is 2.84 bits per heavy atom. The highest BCUT2D eigenvalue weighted by atomic mass is 35.5. The lowest BCUT2D eigenvalue weighted by atomic mass is 10.2. The van der Waals surface area contributed by atoms with Gasteiger partial charge in [-0.05, 0) is 20.8 Å². The highest BCUT2D eigenvalue weighted by Crippen LogP contribution is 2.45. The van der Waals surface area contributed by atoms with Gasteiger partial charge in [-0.15, -0.1) is 5.10 Å². The number of aromatic nitrogens is 5. The van der Waals surface area contributed by atoms with Crippen molar-refractivity contribution in [2.75, 3.05) is 13.2 Å². The summed E-state index contributed by atoms with van der Waals surface area (Å²) in [4.78, 5) is 8.56. The van der Waals surface area contributed by atoms with Crippen LogP contribution >= 0.6 is 11.6 Å². The second kappa shape index (κ2) is 6.10. The van der Waals surface area contributed by atoms with E-state index in [1.165, 1.54) is 0 Å². The molecule has 2 aromatic heterocycles. The third-order valence-corrected chi connectivity index (χ3v) is 4.78. The second-order valence-corrected chi connectivity index (χ2v) is 7.13. The van der Waals surface area contributed by atoms with Crippen molar-refractivity contribution in [3.05, 3.63) is 11.0 Å². The molecule has 9 nitrogen and oxygen atoms in total. The number of aliphatic hydroxyl groups excluding tert-OH is 1. The van der Waals surface area contributed by atoms with E-state index in [1.54, 1.807) is 11.6 Å². The fourth-order valence-electron chi connectivity index (χ4n) is 3.64. The quantitative estimate of drug-likeness (QED) is 0.797. The first-order valence-electron chi connectivity index (χ1n) is 8.23. The van der Waals surface area contributed by atoms with Crippen LogP contribution in [0.4, 0.5) is 0 Å². The first-order chi connectivity index (χ1) is 11.9. The Morgan fingerprint density at radius 2 is 2.08 bits per heavy atom. The number of fused-ring (bicyclic) bond motifs is 2. The fourth-order valence-corrected chi connectivity index (χ4v) is 3.88. The molecule has 0 radical (unpaired) electrons. The minimum absolute atomic E-state index is 0.0446. The minimum atomic E-state index is -0.715. The predicted octanol–water partition coefficient (Wildman–Crippen LogP) is 1.03. The Bertz CT molecular complexity index is 798. The van der Waals surface area contributed by atoms with Gasteiger partial charge in [-0.2, -0.15) is 0 Å². The summed E-state index contributed by atoms with van der Waals surface area (Å²) >= 11 is 6.16. The van der Waals surface area contributed by atoms with Crippen molar-refractivity contribution >= 4 is 22.8 Å². The number of ether oxygens (including phenoxy) is 3. The van der Waals surface area contributed by atoms with Crippen molar-refractivity contribution in [3.8, 4) is 0 Å². The van der Waals surface area contributed by atoms with Crippen LogP contribution in [0.5, 0.6) is 0 Å². The number of rotatable bonds is 4. The lowest BCUT2D eigenvalue weighted by Gasteiger charge is -2.23. The largest absolute Gasteiger partial charge is 0.394 e. The van der Waals surface area contributed by atoms with E-state index in [2.05, 4.69) is 20.3 Å². The number of nitrogens with zero attached hydrogens (tertiary/aromatic N) is 5. The minimum Gasteiger partial charge on any atom is -0.394 e. The SMILES string of the molecule is Cc1nc(Cl)c2nnn([C@@H]3C[C@H](OCCO)[C@H]4OC(C)(C)O[C@H]43)c2n1. The van der Waals surface area contributed by atoms with E-state index >= 15 is 0 Å². The molecule has 136 valence electrons. The predicted molar refractivity (Wildman–Crippen MR) is 87.2 cm³/mol. The third-order valence-electron chi connectivity index (χ3n) is 4.51. The Hall–Kier alpha value is -1.39. The van der Waals surface area contributed by atoms with Crippen LogP contribution in [-0.2, 0) is 14.2 Å². The molecule has 1 saturated heterocycles. The first kappa shape index (κ1) is 17.0. The average molecular weight is 370 g/mol. The maximum absolute atomic E-state index is 9.07.